The van der Waals surface area contributed by atoms with Gasteiger partial charge in [0, 0.05) is 12.2 Å². The second kappa shape index (κ2) is 5.32. The Morgan fingerprint density at radius 1 is 1.53 bits per heavy atom. The van der Waals surface area contributed by atoms with Crippen molar-refractivity contribution in [3.05, 3.63) is 23.9 Å². The van der Waals surface area contributed by atoms with Crippen molar-refractivity contribution < 1.29 is 8.42 Å². The van der Waals surface area contributed by atoms with Crippen LogP contribution in [0, 0.1) is 0 Å². The summed E-state index contributed by atoms with van der Waals surface area (Å²) in [5.41, 5.74) is 1.19. The first-order valence-corrected chi connectivity index (χ1v) is 6.97. The molecule has 0 radical (unpaired) electrons. The number of allylic oxidation sites excluding steroid dienone is 3. The molecule has 0 aliphatic carbocycles. The first-order valence-electron chi connectivity index (χ1n) is 5.08. The van der Waals surface area contributed by atoms with Gasteiger partial charge in [-0.3, -0.25) is 0 Å². The van der Waals surface area contributed by atoms with E-state index < -0.39 is 10.0 Å². The van der Waals surface area contributed by atoms with Crippen LogP contribution in [0.5, 0.6) is 0 Å². The van der Waals surface area contributed by atoms with Crippen LogP contribution < -0.4 is 4.72 Å². The zero-order valence-corrected chi connectivity index (χ0v) is 10.0. The predicted octanol–water partition coefficient (Wildman–Crippen LogP) is 1.05. The summed E-state index contributed by atoms with van der Waals surface area (Å²) in [6.07, 6.45) is 9.29. The first-order chi connectivity index (χ1) is 7.03. The maximum atomic E-state index is 11.0. The van der Waals surface area contributed by atoms with Crippen LogP contribution in [0.25, 0.3) is 0 Å². The second-order valence-corrected chi connectivity index (χ2v) is 5.47. The smallest absolute Gasteiger partial charge is 0.210 e. The van der Waals surface area contributed by atoms with Crippen LogP contribution in [0.3, 0.4) is 0 Å². The summed E-state index contributed by atoms with van der Waals surface area (Å²) in [6, 6.07) is 0. The molecule has 1 rings (SSSR count). The molecule has 0 fully saturated rings. The van der Waals surface area contributed by atoms with E-state index in [0.717, 1.165) is 19.4 Å². The van der Waals surface area contributed by atoms with Crippen molar-refractivity contribution in [2.75, 3.05) is 19.5 Å². The molecule has 0 unspecified atom stereocenters. The molecule has 0 spiro atoms. The summed E-state index contributed by atoms with van der Waals surface area (Å²) in [7, 11) is -3.10. The van der Waals surface area contributed by atoms with E-state index in [1.807, 2.05) is 23.1 Å². The lowest BCUT2D eigenvalue weighted by Crippen LogP contribution is -2.37. The quantitative estimate of drug-likeness (QED) is 0.768. The number of sulfonamides is 1. The fraction of sp³-hybridized carbons (Fsp3) is 0.600. The maximum absolute atomic E-state index is 11.0. The van der Waals surface area contributed by atoms with Crippen LogP contribution in [-0.2, 0) is 10.0 Å². The van der Waals surface area contributed by atoms with Crippen LogP contribution in [0.1, 0.15) is 19.8 Å². The normalized spacial score (nSPS) is 16.7. The molecule has 0 aromatic carbocycles. The third kappa shape index (κ3) is 4.48. The van der Waals surface area contributed by atoms with Crippen molar-refractivity contribution in [1.29, 1.82) is 0 Å². The van der Waals surface area contributed by atoms with Crippen LogP contribution in [-0.4, -0.2) is 32.8 Å². The van der Waals surface area contributed by atoms with E-state index in [-0.39, 0.29) is 0 Å². The van der Waals surface area contributed by atoms with Crippen molar-refractivity contribution in [2.24, 2.45) is 0 Å². The fourth-order valence-corrected chi connectivity index (χ4v) is 1.84. The van der Waals surface area contributed by atoms with Crippen LogP contribution in [0.2, 0.25) is 0 Å². The molecule has 0 aromatic heterocycles. The summed E-state index contributed by atoms with van der Waals surface area (Å²) >= 11 is 0. The Kier molecular flexibility index (Phi) is 4.35. The number of nitrogens with zero attached hydrogens (tertiary/aromatic N) is 1. The number of rotatable bonds is 5. The average Bonchev–Trinajstić information content (AvgIpc) is 2.16. The molecule has 0 amide bonds. The molecule has 0 bridgehead atoms. The van der Waals surface area contributed by atoms with Gasteiger partial charge in [0.2, 0.25) is 10.0 Å². The SMILES string of the molecule is CCCC1=CC=CCN1CNS(C)(=O)=O. The van der Waals surface area contributed by atoms with Gasteiger partial charge in [-0.15, -0.1) is 0 Å². The second-order valence-electron chi connectivity index (χ2n) is 3.63. The largest absolute Gasteiger partial charge is 0.357 e. The Labute approximate surface area is 91.7 Å². The molecular weight excluding hydrogens is 212 g/mol. The molecule has 1 N–H and O–H groups in total. The van der Waals surface area contributed by atoms with Gasteiger partial charge in [-0.05, 0) is 12.5 Å². The summed E-state index contributed by atoms with van der Waals surface area (Å²) in [4.78, 5) is 2.03. The minimum absolute atomic E-state index is 0.356. The minimum Gasteiger partial charge on any atom is -0.357 e. The van der Waals surface area contributed by atoms with Crippen LogP contribution >= 0.6 is 0 Å². The van der Waals surface area contributed by atoms with E-state index >= 15 is 0 Å². The van der Waals surface area contributed by atoms with Gasteiger partial charge in [0.05, 0.1) is 12.9 Å². The molecule has 0 saturated carbocycles. The van der Waals surface area contributed by atoms with Crippen molar-refractivity contribution in [2.45, 2.75) is 19.8 Å². The van der Waals surface area contributed by atoms with E-state index in [2.05, 4.69) is 11.6 Å². The van der Waals surface area contributed by atoms with Crippen LogP contribution in [0.4, 0.5) is 0 Å². The third-order valence-corrected chi connectivity index (χ3v) is 2.83. The number of hydrogen-bond acceptors (Lipinski definition) is 3. The predicted molar refractivity (Wildman–Crippen MR) is 61.7 cm³/mol. The molecule has 0 atom stereocenters. The fourth-order valence-electron chi connectivity index (χ4n) is 1.45. The summed E-state index contributed by atoms with van der Waals surface area (Å²) in [6.45, 7) is 3.24. The molecule has 1 aliphatic rings. The van der Waals surface area contributed by atoms with Crippen LogP contribution in [0.15, 0.2) is 23.9 Å². The molecule has 0 aromatic rings. The molecule has 5 heteroatoms. The number of hydrogen-bond donors (Lipinski definition) is 1. The van der Waals surface area contributed by atoms with Gasteiger partial charge < -0.3 is 4.90 Å². The molecule has 15 heavy (non-hydrogen) atoms. The van der Waals surface area contributed by atoms with Gasteiger partial charge in [0.1, 0.15) is 0 Å². The minimum atomic E-state index is -3.10. The lowest BCUT2D eigenvalue weighted by atomic mass is 10.2. The summed E-state index contributed by atoms with van der Waals surface area (Å²) < 4.78 is 24.4. The van der Waals surface area contributed by atoms with Crippen molar-refractivity contribution in [1.82, 2.24) is 9.62 Å². The van der Waals surface area contributed by atoms with Gasteiger partial charge >= 0.3 is 0 Å². The van der Waals surface area contributed by atoms with Gasteiger partial charge in [0.25, 0.3) is 0 Å². The monoisotopic (exact) mass is 230 g/mol. The van der Waals surface area contributed by atoms with Gasteiger partial charge in [-0.25, -0.2) is 8.42 Å². The van der Waals surface area contributed by atoms with E-state index in [1.54, 1.807) is 0 Å². The third-order valence-electron chi connectivity index (χ3n) is 2.18. The van der Waals surface area contributed by atoms with Crippen molar-refractivity contribution in [3.8, 4) is 0 Å². The number of nitrogens with one attached hydrogen (secondary N) is 1. The highest BCUT2D eigenvalue weighted by molar-refractivity contribution is 7.88. The molecule has 86 valence electrons. The average molecular weight is 230 g/mol. The zero-order valence-electron chi connectivity index (χ0n) is 9.23. The molecule has 4 nitrogen and oxygen atoms in total. The lowest BCUT2D eigenvalue weighted by Gasteiger charge is -2.28. The Morgan fingerprint density at radius 3 is 2.87 bits per heavy atom. The Balaban J connectivity index is 2.54. The Bertz CT molecular complexity index is 358. The topological polar surface area (TPSA) is 49.4 Å². The Morgan fingerprint density at radius 2 is 2.27 bits per heavy atom. The standard InChI is InChI=1S/C10H18N2O2S/c1-3-6-10-7-4-5-8-12(10)9-11-15(2,13)14/h4-5,7,11H,3,6,8-9H2,1-2H3. The maximum Gasteiger partial charge on any atom is 0.210 e. The highest BCUT2D eigenvalue weighted by Crippen LogP contribution is 2.14. The van der Waals surface area contributed by atoms with Crippen molar-refractivity contribution in [3.63, 3.8) is 0 Å². The van der Waals surface area contributed by atoms with Gasteiger partial charge in [0.15, 0.2) is 0 Å². The molecule has 1 aliphatic heterocycles. The molecule has 0 saturated heterocycles. The summed E-state index contributed by atoms with van der Waals surface area (Å²) in [5.74, 6) is 0. The van der Waals surface area contributed by atoms with Crippen molar-refractivity contribution >= 4 is 10.0 Å². The zero-order chi connectivity index (χ0) is 11.3. The summed E-state index contributed by atoms with van der Waals surface area (Å²) in [5, 5.41) is 0. The van der Waals surface area contributed by atoms with E-state index in [4.69, 9.17) is 0 Å². The van der Waals surface area contributed by atoms with E-state index in [1.165, 1.54) is 12.0 Å². The van der Waals surface area contributed by atoms with E-state index in [9.17, 15) is 8.42 Å². The highest BCUT2D eigenvalue weighted by atomic mass is 32.2. The Hall–Kier alpha value is -0.810. The highest BCUT2D eigenvalue weighted by Gasteiger charge is 2.11. The lowest BCUT2D eigenvalue weighted by molar-refractivity contribution is 0.355. The molecular formula is C10H18N2O2S. The van der Waals surface area contributed by atoms with Gasteiger partial charge in [-0.1, -0.05) is 25.5 Å². The molecule has 1 heterocycles. The van der Waals surface area contributed by atoms with E-state index in [0.29, 0.717) is 6.67 Å². The first kappa shape index (κ1) is 12.3. The van der Waals surface area contributed by atoms with Gasteiger partial charge in [-0.2, -0.15) is 4.72 Å².